The van der Waals surface area contributed by atoms with Gasteiger partial charge >= 0.3 is 6.09 Å². The Hall–Kier alpha value is -1.98. The van der Waals surface area contributed by atoms with Crippen molar-refractivity contribution in [2.45, 2.75) is 32.9 Å². The van der Waals surface area contributed by atoms with Crippen LogP contribution < -0.4 is 0 Å². The summed E-state index contributed by atoms with van der Waals surface area (Å²) >= 11 is 0. The van der Waals surface area contributed by atoms with Gasteiger partial charge in [0.05, 0.1) is 19.3 Å². The van der Waals surface area contributed by atoms with Crippen molar-refractivity contribution in [1.82, 2.24) is 9.88 Å². The quantitative estimate of drug-likeness (QED) is 0.722. The Bertz CT molecular complexity index is 537. The SMILES string of the molecule is CC(C)(C)OC(=O)N1CC(=O)c2ncc(F)cc2C1. The predicted molar refractivity (Wildman–Crippen MR) is 65.2 cm³/mol. The molecule has 0 bridgehead atoms. The van der Waals surface area contributed by atoms with E-state index in [2.05, 4.69) is 4.98 Å². The maximum absolute atomic E-state index is 13.1. The van der Waals surface area contributed by atoms with Gasteiger partial charge in [0.2, 0.25) is 5.78 Å². The number of rotatable bonds is 0. The molecule has 0 fully saturated rings. The first-order chi connectivity index (χ1) is 8.76. The molecule has 1 aromatic heterocycles. The number of carbonyl (C=O) groups is 2. The standard InChI is InChI=1S/C13H15FN2O3/c1-13(2,3)19-12(18)16-6-8-4-9(14)5-15-11(8)10(17)7-16/h4-5H,6-7H2,1-3H3. The Morgan fingerprint density at radius 2 is 2.11 bits per heavy atom. The summed E-state index contributed by atoms with van der Waals surface area (Å²) in [5.74, 6) is -0.843. The molecule has 1 aromatic rings. The number of pyridine rings is 1. The number of aromatic nitrogens is 1. The molecule has 0 aliphatic carbocycles. The Kier molecular flexibility index (Phi) is 3.26. The maximum atomic E-state index is 13.1. The molecule has 2 rings (SSSR count). The van der Waals surface area contributed by atoms with Crippen LogP contribution in [0, 0.1) is 5.82 Å². The van der Waals surface area contributed by atoms with Crippen LogP contribution in [0.5, 0.6) is 0 Å². The Labute approximate surface area is 110 Å². The second-order valence-corrected chi connectivity index (χ2v) is 5.42. The van der Waals surface area contributed by atoms with Crippen LogP contribution in [0.15, 0.2) is 12.3 Å². The number of ketones is 1. The van der Waals surface area contributed by atoms with E-state index in [1.165, 1.54) is 11.0 Å². The number of ether oxygens (including phenoxy) is 1. The lowest BCUT2D eigenvalue weighted by Crippen LogP contribution is -2.42. The molecule has 0 saturated heterocycles. The lowest BCUT2D eigenvalue weighted by molar-refractivity contribution is 0.0218. The topological polar surface area (TPSA) is 59.5 Å². The minimum Gasteiger partial charge on any atom is -0.444 e. The summed E-state index contributed by atoms with van der Waals surface area (Å²) in [5, 5.41) is 0. The number of hydrogen-bond acceptors (Lipinski definition) is 4. The third-order valence-corrected chi connectivity index (χ3v) is 2.54. The van der Waals surface area contributed by atoms with Crippen molar-refractivity contribution < 1.29 is 18.7 Å². The molecule has 0 spiro atoms. The van der Waals surface area contributed by atoms with Crippen LogP contribution >= 0.6 is 0 Å². The van der Waals surface area contributed by atoms with Gasteiger partial charge in [-0.2, -0.15) is 0 Å². The van der Waals surface area contributed by atoms with E-state index in [9.17, 15) is 14.0 Å². The molecular formula is C13H15FN2O3. The van der Waals surface area contributed by atoms with Gasteiger partial charge < -0.3 is 4.74 Å². The summed E-state index contributed by atoms with van der Waals surface area (Å²) in [6, 6.07) is 1.22. The Balaban J connectivity index is 2.21. The highest BCUT2D eigenvalue weighted by molar-refractivity contribution is 5.99. The maximum Gasteiger partial charge on any atom is 0.411 e. The largest absolute Gasteiger partial charge is 0.444 e. The van der Waals surface area contributed by atoms with Crippen molar-refractivity contribution >= 4 is 11.9 Å². The van der Waals surface area contributed by atoms with Crippen molar-refractivity contribution in [3.05, 3.63) is 29.3 Å². The van der Waals surface area contributed by atoms with Crippen LogP contribution in [0.1, 0.15) is 36.8 Å². The van der Waals surface area contributed by atoms with Crippen LogP contribution in [0.3, 0.4) is 0 Å². The van der Waals surface area contributed by atoms with E-state index >= 15 is 0 Å². The average molecular weight is 266 g/mol. The van der Waals surface area contributed by atoms with E-state index in [0.29, 0.717) is 5.56 Å². The van der Waals surface area contributed by atoms with E-state index in [0.717, 1.165) is 6.20 Å². The number of nitrogens with zero attached hydrogens (tertiary/aromatic N) is 2. The summed E-state index contributed by atoms with van der Waals surface area (Å²) < 4.78 is 18.3. The van der Waals surface area contributed by atoms with Crippen molar-refractivity contribution in [2.24, 2.45) is 0 Å². The van der Waals surface area contributed by atoms with Crippen molar-refractivity contribution in [1.29, 1.82) is 0 Å². The molecule has 1 aliphatic heterocycles. The normalized spacial score (nSPS) is 15.2. The lowest BCUT2D eigenvalue weighted by Gasteiger charge is -2.29. The smallest absolute Gasteiger partial charge is 0.411 e. The van der Waals surface area contributed by atoms with Crippen LogP contribution in [0.25, 0.3) is 0 Å². The number of fused-ring (bicyclic) bond motifs is 1. The first-order valence-corrected chi connectivity index (χ1v) is 5.92. The molecule has 102 valence electrons. The molecule has 0 atom stereocenters. The highest BCUT2D eigenvalue weighted by atomic mass is 19.1. The number of amides is 1. The van der Waals surface area contributed by atoms with Gasteiger partial charge in [0.25, 0.3) is 0 Å². The molecule has 0 saturated carbocycles. The molecule has 6 heteroatoms. The lowest BCUT2D eigenvalue weighted by atomic mass is 10.1. The number of Topliss-reactive ketones (excluding diaryl/α,β-unsaturated/α-hetero) is 1. The molecule has 19 heavy (non-hydrogen) atoms. The molecule has 1 aliphatic rings. The fourth-order valence-electron chi connectivity index (χ4n) is 1.82. The summed E-state index contributed by atoms with van der Waals surface area (Å²) in [6.45, 7) is 5.25. The third kappa shape index (κ3) is 3.07. The molecular weight excluding hydrogens is 251 g/mol. The zero-order valence-electron chi connectivity index (χ0n) is 11.1. The van der Waals surface area contributed by atoms with Crippen molar-refractivity contribution in [2.75, 3.05) is 6.54 Å². The predicted octanol–water partition coefficient (Wildman–Crippen LogP) is 2.15. The molecule has 0 radical (unpaired) electrons. The van der Waals surface area contributed by atoms with Gasteiger partial charge in [-0.25, -0.2) is 14.2 Å². The van der Waals surface area contributed by atoms with Crippen LogP contribution in [-0.2, 0) is 11.3 Å². The highest BCUT2D eigenvalue weighted by Crippen LogP contribution is 2.20. The van der Waals surface area contributed by atoms with E-state index < -0.39 is 17.5 Å². The van der Waals surface area contributed by atoms with Gasteiger partial charge in [-0.1, -0.05) is 0 Å². The van der Waals surface area contributed by atoms with E-state index in [-0.39, 0.29) is 24.6 Å². The summed E-state index contributed by atoms with van der Waals surface area (Å²) in [7, 11) is 0. The molecule has 0 unspecified atom stereocenters. The molecule has 1 amide bonds. The summed E-state index contributed by atoms with van der Waals surface area (Å²) in [6.07, 6.45) is 0.413. The minimum atomic E-state index is -0.638. The van der Waals surface area contributed by atoms with E-state index in [1.54, 1.807) is 20.8 Å². The van der Waals surface area contributed by atoms with Gasteiger partial charge in [0.15, 0.2) is 0 Å². The van der Waals surface area contributed by atoms with Gasteiger partial charge in [0, 0.05) is 5.56 Å². The Morgan fingerprint density at radius 3 is 2.74 bits per heavy atom. The summed E-state index contributed by atoms with van der Waals surface area (Å²) in [4.78, 5) is 28.7. The van der Waals surface area contributed by atoms with Gasteiger partial charge in [-0.3, -0.25) is 9.69 Å². The van der Waals surface area contributed by atoms with Crippen LogP contribution in [0.4, 0.5) is 9.18 Å². The number of halogens is 1. The van der Waals surface area contributed by atoms with Gasteiger partial charge in [-0.15, -0.1) is 0 Å². The highest BCUT2D eigenvalue weighted by Gasteiger charge is 2.30. The second-order valence-electron chi connectivity index (χ2n) is 5.42. The van der Waals surface area contributed by atoms with E-state index in [1.807, 2.05) is 0 Å². The monoisotopic (exact) mass is 266 g/mol. The number of hydrogen-bond donors (Lipinski definition) is 0. The van der Waals surface area contributed by atoms with Crippen LogP contribution in [-0.4, -0.2) is 33.9 Å². The average Bonchev–Trinajstić information content (AvgIpc) is 2.25. The fraction of sp³-hybridized carbons (Fsp3) is 0.462. The van der Waals surface area contributed by atoms with Crippen molar-refractivity contribution in [3.63, 3.8) is 0 Å². The van der Waals surface area contributed by atoms with E-state index in [4.69, 9.17) is 4.74 Å². The summed E-state index contributed by atoms with van der Waals surface area (Å²) in [5.41, 5.74) is -0.0102. The van der Waals surface area contributed by atoms with Crippen LogP contribution in [0.2, 0.25) is 0 Å². The Morgan fingerprint density at radius 1 is 1.42 bits per heavy atom. The zero-order valence-corrected chi connectivity index (χ0v) is 11.1. The minimum absolute atomic E-state index is 0.0967. The molecule has 0 N–H and O–H groups in total. The second kappa shape index (κ2) is 4.60. The fourth-order valence-corrected chi connectivity index (χ4v) is 1.82. The number of carbonyl (C=O) groups excluding carboxylic acids is 2. The van der Waals surface area contributed by atoms with Crippen molar-refractivity contribution in [3.8, 4) is 0 Å². The first-order valence-electron chi connectivity index (χ1n) is 5.92. The third-order valence-electron chi connectivity index (χ3n) is 2.54. The molecule has 5 nitrogen and oxygen atoms in total. The zero-order chi connectivity index (χ0) is 14.2. The first kappa shape index (κ1) is 13.5. The molecule has 2 heterocycles. The van der Waals surface area contributed by atoms with Gasteiger partial charge in [0.1, 0.15) is 17.1 Å². The van der Waals surface area contributed by atoms with Gasteiger partial charge in [-0.05, 0) is 26.8 Å². The molecule has 0 aromatic carbocycles.